The Hall–Kier alpha value is -1.13. The maximum atomic E-state index is 14.8. The number of hydrogen-bond donors (Lipinski definition) is 0. The monoisotopic (exact) mass is 346 g/mol. The van der Waals surface area contributed by atoms with Crippen molar-refractivity contribution >= 4 is 0 Å². The fourth-order valence-electron chi connectivity index (χ4n) is 4.79. The van der Waals surface area contributed by atoms with E-state index < -0.39 is 35.7 Å². The minimum absolute atomic E-state index is 0.00769. The summed E-state index contributed by atoms with van der Waals surface area (Å²) in [5.41, 5.74) is 0.0200. The van der Waals surface area contributed by atoms with Gasteiger partial charge in [-0.3, -0.25) is 0 Å². The highest BCUT2D eigenvalue weighted by Gasteiger charge is 2.45. The number of fused-ring (bicyclic) bond motifs is 1. The van der Waals surface area contributed by atoms with E-state index in [1.165, 1.54) is 0 Å². The molecule has 134 valence electrons. The van der Waals surface area contributed by atoms with Crippen LogP contribution in [-0.2, 0) is 0 Å². The molecule has 0 aliphatic heterocycles. The smallest absolute Gasteiger partial charge is 0.194 e. The van der Waals surface area contributed by atoms with E-state index in [0.29, 0.717) is 5.92 Å². The van der Waals surface area contributed by atoms with Crippen LogP contribution in [-0.4, -0.2) is 12.3 Å². The van der Waals surface area contributed by atoms with Gasteiger partial charge in [-0.25, -0.2) is 22.0 Å². The first kappa shape index (κ1) is 17.7. The Morgan fingerprint density at radius 2 is 1.58 bits per heavy atom. The van der Waals surface area contributed by atoms with Crippen LogP contribution in [0, 0.1) is 35.2 Å². The third-order valence-corrected chi connectivity index (χ3v) is 5.89. The fourth-order valence-corrected chi connectivity index (χ4v) is 4.79. The maximum absolute atomic E-state index is 14.8. The largest absolute Gasteiger partial charge is 0.247 e. The number of halogens is 5. The van der Waals surface area contributed by atoms with Gasteiger partial charge in [0.1, 0.15) is 12.3 Å². The number of rotatable bonds is 3. The predicted octanol–water partition coefficient (Wildman–Crippen LogP) is 6.10. The van der Waals surface area contributed by atoms with Crippen molar-refractivity contribution in [3.8, 4) is 0 Å². The van der Waals surface area contributed by atoms with Crippen LogP contribution in [0.3, 0.4) is 0 Å². The lowest BCUT2D eigenvalue weighted by Gasteiger charge is -2.22. The van der Waals surface area contributed by atoms with Crippen molar-refractivity contribution < 1.29 is 22.0 Å². The molecular weight excluding hydrogens is 323 g/mol. The molecule has 6 unspecified atom stereocenters. The van der Waals surface area contributed by atoms with Crippen molar-refractivity contribution in [3.63, 3.8) is 0 Å². The molecule has 24 heavy (non-hydrogen) atoms. The normalized spacial score (nSPS) is 36.4. The van der Waals surface area contributed by atoms with Crippen molar-refractivity contribution in [1.29, 1.82) is 0 Å². The second-order valence-corrected chi connectivity index (χ2v) is 7.46. The van der Waals surface area contributed by atoms with Crippen LogP contribution in [0.1, 0.15) is 56.9 Å². The second-order valence-electron chi connectivity index (χ2n) is 7.46. The Kier molecular flexibility index (Phi) is 5.16. The highest BCUT2D eigenvalue weighted by molar-refractivity contribution is 5.25. The molecule has 0 heterocycles. The zero-order valence-corrected chi connectivity index (χ0v) is 13.8. The summed E-state index contributed by atoms with van der Waals surface area (Å²) in [6, 6.07) is 1.62. The van der Waals surface area contributed by atoms with Gasteiger partial charge in [-0.2, -0.15) is 0 Å². The average molecular weight is 346 g/mol. The van der Waals surface area contributed by atoms with Gasteiger partial charge in [-0.05, 0) is 61.1 Å². The summed E-state index contributed by atoms with van der Waals surface area (Å²) in [6.45, 7) is 2.09. The summed E-state index contributed by atoms with van der Waals surface area (Å²) in [7, 11) is 0. The van der Waals surface area contributed by atoms with E-state index in [9.17, 15) is 22.0 Å². The summed E-state index contributed by atoms with van der Waals surface area (Å²) >= 11 is 0. The molecular formula is C19H23F5. The molecule has 0 nitrogen and oxygen atoms in total. The van der Waals surface area contributed by atoms with Gasteiger partial charge in [0.2, 0.25) is 0 Å². The maximum Gasteiger partial charge on any atom is 0.194 e. The lowest BCUT2D eigenvalue weighted by Crippen LogP contribution is -2.19. The van der Waals surface area contributed by atoms with Gasteiger partial charge in [-0.1, -0.05) is 19.8 Å². The van der Waals surface area contributed by atoms with E-state index in [2.05, 4.69) is 6.92 Å². The molecule has 2 fully saturated rings. The van der Waals surface area contributed by atoms with E-state index in [4.69, 9.17) is 0 Å². The summed E-state index contributed by atoms with van der Waals surface area (Å²) in [4.78, 5) is 0. The van der Waals surface area contributed by atoms with Crippen LogP contribution in [0.25, 0.3) is 0 Å². The van der Waals surface area contributed by atoms with Crippen LogP contribution in [0.15, 0.2) is 12.1 Å². The number of alkyl halides is 2. The fraction of sp³-hybridized carbons (Fsp3) is 0.684. The SMILES string of the molecule is CCCC1CC2CC(F)C(c3cc(F)c(F)c(F)c3)CC(F)C2C1. The van der Waals surface area contributed by atoms with Gasteiger partial charge in [-0.15, -0.1) is 0 Å². The summed E-state index contributed by atoms with van der Waals surface area (Å²) in [5, 5.41) is 0. The lowest BCUT2D eigenvalue weighted by atomic mass is 9.87. The van der Waals surface area contributed by atoms with Gasteiger partial charge in [0.25, 0.3) is 0 Å². The topological polar surface area (TPSA) is 0 Å². The minimum atomic E-state index is -1.57. The van der Waals surface area contributed by atoms with Gasteiger partial charge < -0.3 is 0 Å². The predicted molar refractivity (Wildman–Crippen MR) is 82.7 cm³/mol. The molecule has 0 amide bonds. The van der Waals surface area contributed by atoms with E-state index >= 15 is 0 Å². The molecule has 0 aromatic heterocycles. The van der Waals surface area contributed by atoms with E-state index in [0.717, 1.165) is 37.8 Å². The highest BCUT2D eigenvalue weighted by Crippen LogP contribution is 2.50. The Balaban J connectivity index is 1.81. The van der Waals surface area contributed by atoms with Crippen molar-refractivity contribution in [2.24, 2.45) is 17.8 Å². The molecule has 1 aromatic carbocycles. The van der Waals surface area contributed by atoms with Gasteiger partial charge in [0.15, 0.2) is 17.5 Å². The third-order valence-electron chi connectivity index (χ3n) is 5.89. The molecule has 2 saturated carbocycles. The van der Waals surface area contributed by atoms with Crippen molar-refractivity contribution in [2.75, 3.05) is 0 Å². The summed E-state index contributed by atoms with van der Waals surface area (Å²) in [6.07, 6.45) is 1.26. The molecule has 0 saturated heterocycles. The van der Waals surface area contributed by atoms with Crippen LogP contribution in [0.2, 0.25) is 0 Å². The highest BCUT2D eigenvalue weighted by atomic mass is 19.2. The first-order chi connectivity index (χ1) is 11.4. The third kappa shape index (κ3) is 3.31. The van der Waals surface area contributed by atoms with Crippen LogP contribution >= 0.6 is 0 Å². The van der Waals surface area contributed by atoms with Crippen molar-refractivity contribution in [2.45, 2.75) is 63.7 Å². The van der Waals surface area contributed by atoms with E-state index in [1.807, 2.05) is 0 Å². The average Bonchev–Trinajstić information content (AvgIpc) is 2.87. The Bertz CT molecular complexity index is 564. The van der Waals surface area contributed by atoms with Crippen molar-refractivity contribution in [3.05, 3.63) is 35.1 Å². The van der Waals surface area contributed by atoms with Crippen LogP contribution < -0.4 is 0 Å². The zero-order valence-electron chi connectivity index (χ0n) is 13.8. The van der Waals surface area contributed by atoms with Gasteiger partial charge >= 0.3 is 0 Å². The first-order valence-corrected chi connectivity index (χ1v) is 8.83. The summed E-state index contributed by atoms with van der Waals surface area (Å²) in [5.74, 6) is -4.90. The van der Waals surface area contributed by atoms with Crippen LogP contribution in [0.4, 0.5) is 22.0 Å². The zero-order chi connectivity index (χ0) is 17.4. The second kappa shape index (κ2) is 7.01. The molecule has 0 N–H and O–H groups in total. The molecule has 6 atom stereocenters. The molecule has 1 aromatic rings. The Morgan fingerprint density at radius 1 is 0.917 bits per heavy atom. The molecule has 0 spiro atoms. The Labute approximate surface area is 139 Å². The standard InChI is InChI=1S/C19H23F5/c1-2-3-10-4-11-6-15(20)14(9-16(21)13(11)5-10)12-7-17(22)19(24)18(23)8-12/h7-8,10-11,13-16H,2-6,9H2,1H3. The molecule has 5 heteroatoms. The molecule has 2 aliphatic rings. The minimum Gasteiger partial charge on any atom is -0.247 e. The molecule has 0 radical (unpaired) electrons. The number of hydrogen-bond acceptors (Lipinski definition) is 0. The molecule has 2 aliphatic carbocycles. The first-order valence-electron chi connectivity index (χ1n) is 8.83. The quantitative estimate of drug-likeness (QED) is 0.458. The van der Waals surface area contributed by atoms with Gasteiger partial charge in [0.05, 0.1) is 0 Å². The molecule has 0 bridgehead atoms. The lowest BCUT2D eigenvalue weighted by molar-refractivity contribution is 0.182. The van der Waals surface area contributed by atoms with Crippen molar-refractivity contribution in [1.82, 2.24) is 0 Å². The molecule has 3 rings (SSSR count). The van der Waals surface area contributed by atoms with E-state index in [-0.39, 0.29) is 30.2 Å². The number of benzene rings is 1. The van der Waals surface area contributed by atoms with Gasteiger partial charge in [0, 0.05) is 5.92 Å². The van der Waals surface area contributed by atoms with Crippen LogP contribution in [0.5, 0.6) is 0 Å². The van der Waals surface area contributed by atoms with E-state index in [1.54, 1.807) is 0 Å². The summed E-state index contributed by atoms with van der Waals surface area (Å²) < 4.78 is 69.6. The Morgan fingerprint density at radius 3 is 2.21 bits per heavy atom.